The lowest BCUT2D eigenvalue weighted by molar-refractivity contribution is -0.114. The zero-order valence-electron chi connectivity index (χ0n) is 21.6. The third-order valence-electron chi connectivity index (χ3n) is 6.45. The van der Waals surface area contributed by atoms with Crippen LogP contribution in [0.4, 0.5) is 17.3 Å². The molecule has 3 aromatic rings. The average molecular weight is 522 g/mol. The van der Waals surface area contributed by atoms with Crippen molar-refractivity contribution in [2.75, 3.05) is 30.6 Å². The number of hydrogen-bond acceptors (Lipinski definition) is 9. The van der Waals surface area contributed by atoms with Crippen molar-refractivity contribution in [2.45, 2.75) is 56.3 Å². The third kappa shape index (κ3) is 5.65. The maximum atomic E-state index is 11.7. The molecule has 37 heavy (non-hydrogen) atoms. The number of aromatic nitrogens is 3. The van der Waals surface area contributed by atoms with Crippen molar-refractivity contribution in [1.82, 2.24) is 15.0 Å². The molecule has 0 bridgehead atoms. The fourth-order valence-corrected chi connectivity index (χ4v) is 4.88. The van der Waals surface area contributed by atoms with E-state index in [1.807, 2.05) is 32.2 Å². The number of nitrogens with one attached hydrogen (secondary N) is 2. The Morgan fingerprint density at radius 3 is 2.70 bits per heavy atom. The van der Waals surface area contributed by atoms with Gasteiger partial charge in [-0.25, -0.2) is 15.0 Å². The molecule has 0 atom stereocenters. The van der Waals surface area contributed by atoms with Crippen LogP contribution in [-0.4, -0.2) is 52.5 Å². The van der Waals surface area contributed by atoms with Crippen LogP contribution in [0.25, 0.3) is 11.3 Å². The Morgan fingerprint density at radius 2 is 1.97 bits per heavy atom. The van der Waals surface area contributed by atoms with Gasteiger partial charge in [0, 0.05) is 31.9 Å². The van der Waals surface area contributed by atoms with Gasteiger partial charge in [0.25, 0.3) is 5.88 Å². The molecular formula is C27H31N5O4S. The average Bonchev–Trinajstić information content (AvgIpc) is 2.82. The molecule has 0 spiro atoms. The first-order valence-electron chi connectivity index (χ1n) is 12.2. The highest BCUT2D eigenvalue weighted by molar-refractivity contribution is 7.98. The summed E-state index contributed by atoms with van der Waals surface area (Å²) in [5.74, 6) is 2.43. The van der Waals surface area contributed by atoms with Gasteiger partial charge in [-0.3, -0.25) is 4.79 Å². The smallest absolute Gasteiger partial charge is 0.257 e. The lowest BCUT2D eigenvalue weighted by atomic mass is 9.78. The maximum Gasteiger partial charge on any atom is 0.257 e. The van der Waals surface area contributed by atoms with Crippen molar-refractivity contribution in [3.63, 3.8) is 0 Å². The van der Waals surface area contributed by atoms with E-state index in [1.165, 1.54) is 12.5 Å². The number of fused-ring (bicyclic) bond motifs is 1. The van der Waals surface area contributed by atoms with Gasteiger partial charge in [-0.2, -0.15) is 0 Å². The van der Waals surface area contributed by atoms with Crippen LogP contribution in [0.1, 0.15) is 45.1 Å². The van der Waals surface area contributed by atoms with E-state index in [2.05, 4.69) is 27.8 Å². The molecule has 0 radical (unpaired) electrons. The van der Waals surface area contributed by atoms with Crippen LogP contribution >= 0.6 is 11.8 Å². The van der Waals surface area contributed by atoms with Gasteiger partial charge in [0.2, 0.25) is 5.91 Å². The number of carbonyl (C=O) groups is 1. The van der Waals surface area contributed by atoms with Gasteiger partial charge < -0.3 is 24.8 Å². The van der Waals surface area contributed by atoms with Gasteiger partial charge in [-0.1, -0.05) is 0 Å². The Kier molecular flexibility index (Phi) is 6.96. The Balaban J connectivity index is 1.51. The summed E-state index contributed by atoms with van der Waals surface area (Å²) < 4.78 is 17.4. The van der Waals surface area contributed by atoms with E-state index in [-0.39, 0.29) is 5.91 Å². The van der Waals surface area contributed by atoms with Gasteiger partial charge in [-0.05, 0) is 68.7 Å². The summed E-state index contributed by atoms with van der Waals surface area (Å²) in [7, 11) is 1.76. The minimum Gasteiger partial charge on any atom is -0.479 e. The second-order valence-electron chi connectivity index (χ2n) is 9.93. The Bertz CT molecular complexity index is 1330. The van der Waals surface area contributed by atoms with E-state index in [0.29, 0.717) is 53.3 Å². The molecule has 9 nitrogen and oxygen atoms in total. The van der Waals surface area contributed by atoms with Crippen LogP contribution in [-0.2, 0) is 9.53 Å². The van der Waals surface area contributed by atoms with E-state index >= 15 is 0 Å². The first-order chi connectivity index (χ1) is 17.7. The summed E-state index contributed by atoms with van der Waals surface area (Å²) in [5, 5.41) is 7.15. The second-order valence-corrected chi connectivity index (χ2v) is 10.8. The van der Waals surface area contributed by atoms with Crippen molar-refractivity contribution in [1.29, 1.82) is 0 Å². The van der Waals surface area contributed by atoms with Crippen molar-refractivity contribution in [3.05, 3.63) is 42.1 Å². The molecule has 194 valence electrons. The predicted octanol–water partition coefficient (Wildman–Crippen LogP) is 5.40. The number of anilines is 3. The van der Waals surface area contributed by atoms with Crippen molar-refractivity contribution >= 4 is 35.0 Å². The monoisotopic (exact) mass is 521 g/mol. The molecule has 5 rings (SSSR count). The number of thioether (sulfide) groups is 1. The minimum atomic E-state index is -0.417. The van der Waals surface area contributed by atoms with Crippen LogP contribution < -0.4 is 20.1 Å². The Labute approximate surface area is 220 Å². The third-order valence-corrected chi connectivity index (χ3v) is 7.08. The molecule has 1 saturated carbocycles. The molecule has 1 amide bonds. The summed E-state index contributed by atoms with van der Waals surface area (Å²) in [6.45, 7) is 5.80. The largest absolute Gasteiger partial charge is 0.479 e. The number of ether oxygens (including phenoxy) is 3. The number of methoxy groups -OCH3 is 1. The molecule has 2 N–H and O–H groups in total. The van der Waals surface area contributed by atoms with Crippen LogP contribution in [0, 0.1) is 0 Å². The first-order valence-corrected chi connectivity index (χ1v) is 13.4. The quantitative estimate of drug-likeness (QED) is 0.395. The molecule has 10 heteroatoms. The molecule has 1 fully saturated rings. The van der Waals surface area contributed by atoms with E-state index in [9.17, 15) is 4.79 Å². The van der Waals surface area contributed by atoms with E-state index in [1.54, 1.807) is 31.1 Å². The highest BCUT2D eigenvalue weighted by Gasteiger charge is 2.31. The molecule has 2 aliphatic rings. The lowest BCUT2D eigenvalue weighted by Gasteiger charge is -2.34. The topological polar surface area (TPSA) is 107 Å². The molecule has 1 aliphatic heterocycles. The fraction of sp³-hybridized carbons (Fsp3) is 0.407. The molecule has 0 saturated heterocycles. The maximum absolute atomic E-state index is 11.7. The summed E-state index contributed by atoms with van der Waals surface area (Å²) in [6, 6.07) is 9.75. The number of pyridine rings is 3. The molecule has 0 unspecified atom stereocenters. The molecular weight excluding hydrogens is 490 g/mol. The summed E-state index contributed by atoms with van der Waals surface area (Å²) in [6.07, 6.45) is 6.01. The Hall–Kier alpha value is -3.37. The number of amides is 1. The fourth-order valence-electron chi connectivity index (χ4n) is 4.44. The molecule has 3 aromatic heterocycles. The van der Waals surface area contributed by atoms with Gasteiger partial charge in [-0.15, -0.1) is 11.8 Å². The zero-order valence-corrected chi connectivity index (χ0v) is 22.4. The summed E-state index contributed by atoms with van der Waals surface area (Å²) in [5.41, 5.74) is 2.93. The molecule has 1 aliphatic carbocycles. The zero-order chi connectivity index (χ0) is 26.2. The predicted molar refractivity (Wildman–Crippen MR) is 144 cm³/mol. The van der Waals surface area contributed by atoms with E-state index < -0.39 is 5.60 Å². The summed E-state index contributed by atoms with van der Waals surface area (Å²) in [4.78, 5) is 25.6. The number of nitrogens with zero attached hydrogens (tertiary/aromatic N) is 3. The standard InChI is InChI=1S/C27H31N5O4S/c1-15(33)29-23-12-21(30-24-10-17(11-25(32-24)37-5)16-8-18(9-16)34-4)19(13-28-23)20-6-7-22-26(31-20)35-14-27(2,3)36-22/h6-7,10-13,16,18H,8-9,14H2,1-5H3,(H2,28,29,30,32,33)/t16-,18+. The van der Waals surface area contributed by atoms with Crippen LogP contribution in [0.3, 0.4) is 0 Å². The minimum absolute atomic E-state index is 0.200. The van der Waals surface area contributed by atoms with E-state index in [0.717, 1.165) is 23.4 Å². The van der Waals surface area contributed by atoms with Crippen LogP contribution in [0.5, 0.6) is 11.6 Å². The first kappa shape index (κ1) is 25.3. The normalized spacial score (nSPS) is 19.6. The van der Waals surface area contributed by atoms with Crippen molar-refractivity contribution < 1.29 is 19.0 Å². The van der Waals surface area contributed by atoms with Gasteiger partial charge in [0.1, 0.15) is 23.8 Å². The second kappa shape index (κ2) is 10.2. The van der Waals surface area contributed by atoms with Crippen molar-refractivity contribution in [2.24, 2.45) is 0 Å². The van der Waals surface area contributed by atoms with Gasteiger partial charge in [0.15, 0.2) is 5.75 Å². The van der Waals surface area contributed by atoms with Crippen molar-refractivity contribution in [3.8, 4) is 22.9 Å². The van der Waals surface area contributed by atoms with E-state index in [4.69, 9.17) is 24.2 Å². The van der Waals surface area contributed by atoms with Gasteiger partial charge >= 0.3 is 0 Å². The van der Waals surface area contributed by atoms with Gasteiger partial charge in [0.05, 0.1) is 22.5 Å². The van der Waals surface area contributed by atoms with Crippen LogP contribution in [0.2, 0.25) is 0 Å². The van der Waals surface area contributed by atoms with Crippen LogP contribution in [0.15, 0.2) is 41.6 Å². The Morgan fingerprint density at radius 1 is 1.16 bits per heavy atom. The number of rotatable bonds is 7. The molecule has 4 heterocycles. The number of carbonyl (C=O) groups excluding carboxylic acids is 1. The SMILES string of the molecule is CO[C@H]1C[C@@H](c2cc(Nc3cc(NC(C)=O)ncc3-c3ccc4c(n3)OCC(C)(C)O4)nc(SC)c2)C1. The molecule has 0 aromatic carbocycles. The number of hydrogen-bond donors (Lipinski definition) is 2. The highest BCUT2D eigenvalue weighted by atomic mass is 32.2. The highest BCUT2D eigenvalue weighted by Crippen LogP contribution is 2.41. The summed E-state index contributed by atoms with van der Waals surface area (Å²) >= 11 is 1.60. The lowest BCUT2D eigenvalue weighted by Crippen LogP contribution is -2.39.